The molecule has 0 spiro atoms. The van der Waals surface area contributed by atoms with E-state index < -0.39 is 12.0 Å². The lowest BCUT2D eigenvalue weighted by Crippen LogP contribution is -2.35. The Balaban J connectivity index is 2.65. The van der Waals surface area contributed by atoms with Crippen LogP contribution in [-0.2, 0) is 11.2 Å². The minimum atomic E-state index is -0.825. The minimum absolute atomic E-state index is 0.226. The van der Waals surface area contributed by atoms with E-state index in [4.69, 9.17) is 5.11 Å². The summed E-state index contributed by atoms with van der Waals surface area (Å²) in [6, 6.07) is 4.40. The highest BCUT2D eigenvalue weighted by Gasteiger charge is 2.19. The molecule has 1 atom stereocenters. The average Bonchev–Trinajstić information content (AvgIpc) is 2.22. The molecule has 1 unspecified atom stereocenters. The van der Waals surface area contributed by atoms with E-state index in [0.717, 1.165) is 5.56 Å². The minimum Gasteiger partial charge on any atom is -0.480 e. The molecule has 1 N–H and O–H groups in total. The molecule has 0 fully saturated rings. The van der Waals surface area contributed by atoms with E-state index >= 15 is 0 Å². The van der Waals surface area contributed by atoms with Crippen molar-refractivity contribution >= 4 is 5.97 Å². The van der Waals surface area contributed by atoms with Crippen LogP contribution in [0.5, 0.6) is 0 Å². The summed E-state index contributed by atoms with van der Waals surface area (Å²) >= 11 is 0. The molecule has 0 amide bonds. The van der Waals surface area contributed by atoms with Crippen LogP contribution in [0, 0.1) is 12.7 Å². The van der Waals surface area contributed by atoms with Crippen molar-refractivity contribution < 1.29 is 14.3 Å². The third-order valence-corrected chi connectivity index (χ3v) is 2.84. The van der Waals surface area contributed by atoms with Crippen molar-refractivity contribution in [3.05, 3.63) is 35.1 Å². The molecule has 0 aromatic heterocycles. The van der Waals surface area contributed by atoms with Crippen molar-refractivity contribution in [3.63, 3.8) is 0 Å². The number of hydrogen-bond donors (Lipinski definition) is 1. The van der Waals surface area contributed by atoms with Gasteiger partial charge in [-0.1, -0.05) is 12.1 Å². The molecule has 4 heteroatoms. The number of carbonyl (C=O) groups is 1. The van der Waals surface area contributed by atoms with Crippen molar-refractivity contribution in [2.75, 3.05) is 14.1 Å². The molecule has 0 aliphatic rings. The van der Waals surface area contributed by atoms with Crippen LogP contribution >= 0.6 is 0 Å². The van der Waals surface area contributed by atoms with E-state index in [2.05, 4.69) is 0 Å². The fourth-order valence-electron chi connectivity index (χ4n) is 1.77. The molecular formula is C13H18FNO2. The highest BCUT2D eigenvalue weighted by Crippen LogP contribution is 2.13. The molecule has 0 aliphatic heterocycles. The van der Waals surface area contributed by atoms with E-state index in [1.807, 2.05) is 0 Å². The Kier molecular flexibility index (Phi) is 4.63. The highest BCUT2D eigenvalue weighted by molar-refractivity contribution is 5.73. The van der Waals surface area contributed by atoms with Gasteiger partial charge in [-0.2, -0.15) is 0 Å². The number of carboxylic acid groups (broad SMARTS) is 1. The van der Waals surface area contributed by atoms with Crippen molar-refractivity contribution in [1.29, 1.82) is 0 Å². The van der Waals surface area contributed by atoms with Gasteiger partial charge in [-0.25, -0.2) is 4.39 Å². The average molecular weight is 239 g/mol. The third kappa shape index (κ3) is 3.82. The van der Waals surface area contributed by atoms with E-state index in [1.54, 1.807) is 38.1 Å². The van der Waals surface area contributed by atoms with Gasteiger partial charge < -0.3 is 5.11 Å². The zero-order valence-corrected chi connectivity index (χ0v) is 10.4. The standard InChI is InChI=1S/C13H18FNO2/c1-9-8-10(4-6-11(9)14)5-7-12(13(16)17)15(2)3/h4,6,8,12H,5,7H2,1-3H3,(H,16,17). The van der Waals surface area contributed by atoms with Crippen LogP contribution in [0.1, 0.15) is 17.5 Å². The quantitative estimate of drug-likeness (QED) is 0.855. The number of nitrogens with zero attached hydrogens (tertiary/aromatic N) is 1. The van der Waals surface area contributed by atoms with Gasteiger partial charge in [0.25, 0.3) is 0 Å². The molecule has 0 bridgehead atoms. The summed E-state index contributed by atoms with van der Waals surface area (Å²) in [5, 5.41) is 9.02. The first-order valence-electron chi connectivity index (χ1n) is 5.56. The number of likely N-dealkylation sites (N-methyl/N-ethyl adjacent to an activating group) is 1. The predicted octanol–water partition coefficient (Wildman–Crippen LogP) is 2.08. The molecule has 1 aromatic carbocycles. The van der Waals surface area contributed by atoms with Crippen LogP contribution in [0.4, 0.5) is 4.39 Å². The lowest BCUT2D eigenvalue weighted by atomic mass is 10.0. The second-order valence-electron chi connectivity index (χ2n) is 4.44. The summed E-state index contributed by atoms with van der Waals surface area (Å²) in [4.78, 5) is 12.7. The Labute approximate surface area is 101 Å². The molecule has 0 radical (unpaired) electrons. The van der Waals surface area contributed by atoms with Gasteiger partial charge in [0.2, 0.25) is 0 Å². The fourth-order valence-corrected chi connectivity index (χ4v) is 1.77. The highest BCUT2D eigenvalue weighted by atomic mass is 19.1. The number of benzene rings is 1. The van der Waals surface area contributed by atoms with Crippen LogP contribution in [0.25, 0.3) is 0 Å². The zero-order valence-electron chi connectivity index (χ0n) is 10.4. The maximum absolute atomic E-state index is 13.1. The van der Waals surface area contributed by atoms with Crippen molar-refractivity contribution in [2.45, 2.75) is 25.8 Å². The summed E-state index contributed by atoms with van der Waals surface area (Å²) in [7, 11) is 3.49. The normalized spacial score (nSPS) is 12.8. The second kappa shape index (κ2) is 5.77. The van der Waals surface area contributed by atoms with Gasteiger partial charge >= 0.3 is 5.97 Å². The Morgan fingerprint density at radius 1 is 1.47 bits per heavy atom. The van der Waals surface area contributed by atoms with Crippen LogP contribution in [0.3, 0.4) is 0 Å². The molecule has 0 saturated heterocycles. The second-order valence-corrected chi connectivity index (χ2v) is 4.44. The molecule has 1 aromatic rings. The molecule has 0 heterocycles. The number of hydrogen-bond acceptors (Lipinski definition) is 2. The number of carboxylic acids is 1. The number of halogens is 1. The lowest BCUT2D eigenvalue weighted by molar-refractivity contribution is -0.142. The van der Waals surface area contributed by atoms with E-state index in [9.17, 15) is 9.18 Å². The first kappa shape index (κ1) is 13.6. The van der Waals surface area contributed by atoms with Gasteiger partial charge in [0.05, 0.1) is 0 Å². The number of aryl methyl sites for hydroxylation is 2. The largest absolute Gasteiger partial charge is 0.480 e. The molecule has 0 aliphatic carbocycles. The summed E-state index contributed by atoms with van der Waals surface area (Å²) < 4.78 is 13.1. The zero-order chi connectivity index (χ0) is 13.0. The lowest BCUT2D eigenvalue weighted by Gasteiger charge is -2.19. The maximum Gasteiger partial charge on any atom is 0.320 e. The molecule has 0 saturated carbocycles. The Morgan fingerprint density at radius 2 is 2.12 bits per heavy atom. The molecule has 17 heavy (non-hydrogen) atoms. The number of rotatable bonds is 5. The van der Waals surface area contributed by atoms with Gasteiger partial charge in [-0.05, 0) is 51.1 Å². The van der Waals surface area contributed by atoms with Crippen LogP contribution in [-0.4, -0.2) is 36.1 Å². The van der Waals surface area contributed by atoms with Crippen LogP contribution in [0.2, 0.25) is 0 Å². The van der Waals surface area contributed by atoms with Gasteiger partial charge in [-0.15, -0.1) is 0 Å². The smallest absolute Gasteiger partial charge is 0.320 e. The summed E-state index contributed by atoms with van der Waals surface area (Å²) in [6.45, 7) is 1.71. The van der Waals surface area contributed by atoms with Crippen molar-refractivity contribution in [1.82, 2.24) is 4.90 Å². The summed E-state index contributed by atoms with van der Waals surface area (Å²) in [5.74, 6) is -1.05. The first-order valence-corrected chi connectivity index (χ1v) is 5.56. The fraction of sp³-hybridized carbons (Fsp3) is 0.462. The summed E-state index contributed by atoms with van der Waals surface area (Å²) in [6.07, 6.45) is 1.16. The van der Waals surface area contributed by atoms with Crippen LogP contribution < -0.4 is 0 Å². The van der Waals surface area contributed by atoms with Crippen molar-refractivity contribution in [3.8, 4) is 0 Å². The van der Waals surface area contributed by atoms with Gasteiger partial charge in [0, 0.05) is 0 Å². The third-order valence-electron chi connectivity index (χ3n) is 2.84. The maximum atomic E-state index is 13.1. The van der Waals surface area contributed by atoms with E-state index in [0.29, 0.717) is 18.4 Å². The topological polar surface area (TPSA) is 40.5 Å². The Morgan fingerprint density at radius 3 is 2.59 bits per heavy atom. The number of aliphatic carboxylic acids is 1. The Hall–Kier alpha value is -1.42. The van der Waals surface area contributed by atoms with E-state index in [1.165, 1.54) is 6.07 Å². The molecule has 1 rings (SSSR count). The monoisotopic (exact) mass is 239 g/mol. The van der Waals surface area contributed by atoms with Gasteiger partial charge in [0.15, 0.2) is 0 Å². The predicted molar refractivity (Wildman–Crippen MR) is 64.6 cm³/mol. The summed E-state index contributed by atoms with van der Waals surface area (Å²) in [5.41, 5.74) is 1.57. The van der Waals surface area contributed by atoms with Crippen molar-refractivity contribution in [2.24, 2.45) is 0 Å². The first-order chi connectivity index (χ1) is 7.91. The Bertz CT molecular complexity index is 404. The molecular weight excluding hydrogens is 221 g/mol. The molecule has 94 valence electrons. The molecule has 3 nitrogen and oxygen atoms in total. The SMILES string of the molecule is Cc1cc(CCC(C(=O)O)N(C)C)ccc1F. The van der Waals surface area contributed by atoms with E-state index in [-0.39, 0.29) is 5.82 Å². The van der Waals surface area contributed by atoms with Gasteiger partial charge in [0.1, 0.15) is 11.9 Å². The van der Waals surface area contributed by atoms with Crippen LogP contribution in [0.15, 0.2) is 18.2 Å². The van der Waals surface area contributed by atoms with Gasteiger partial charge in [-0.3, -0.25) is 9.69 Å².